The van der Waals surface area contributed by atoms with Crippen molar-refractivity contribution in [2.45, 2.75) is 102 Å². The summed E-state index contributed by atoms with van der Waals surface area (Å²) >= 11 is 0. The van der Waals surface area contributed by atoms with Crippen LogP contribution in [0.5, 0.6) is 5.75 Å². The van der Waals surface area contributed by atoms with E-state index in [0.29, 0.717) is 22.0 Å². The van der Waals surface area contributed by atoms with Gasteiger partial charge in [0.2, 0.25) is 5.69 Å². The Morgan fingerprint density at radius 2 is 1.69 bits per heavy atom. The molecule has 0 N–H and O–H groups in total. The van der Waals surface area contributed by atoms with Crippen molar-refractivity contribution in [3.8, 4) is 5.75 Å². The molecule has 7 rings (SSSR count). The van der Waals surface area contributed by atoms with Gasteiger partial charge in [-0.3, -0.25) is 9.59 Å². The summed E-state index contributed by atoms with van der Waals surface area (Å²) in [4.78, 5) is 44.1. The zero-order chi connectivity index (χ0) is 41.8. The number of rotatable bonds is 12. The fourth-order valence-electron chi connectivity index (χ4n) is 8.75. The number of hydrogen-bond acceptors (Lipinski definition) is 12. The van der Waals surface area contributed by atoms with Gasteiger partial charge < -0.3 is 23.6 Å². The molecule has 0 radical (unpaired) electrons. The van der Waals surface area contributed by atoms with Crippen molar-refractivity contribution in [1.82, 2.24) is 5.06 Å². The van der Waals surface area contributed by atoms with E-state index >= 15 is 0 Å². The molecule has 0 bridgehead atoms. The first-order valence-electron chi connectivity index (χ1n) is 19.7. The molecule has 59 heavy (non-hydrogen) atoms. The molecule has 5 aliphatic heterocycles. The molecule has 17 heteroatoms. The first-order valence-corrected chi connectivity index (χ1v) is 22.7. The van der Waals surface area contributed by atoms with Crippen LogP contribution in [0.3, 0.4) is 0 Å². The third-order valence-corrected chi connectivity index (χ3v) is 13.2. The van der Waals surface area contributed by atoms with Crippen LogP contribution in [0.15, 0.2) is 59.2 Å². The first-order chi connectivity index (χ1) is 27.2. The van der Waals surface area contributed by atoms with Crippen LogP contribution < -0.4 is 39.2 Å². The Kier molecular flexibility index (Phi) is 13.0. The van der Waals surface area contributed by atoms with Gasteiger partial charge in [0.1, 0.15) is 28.2 Å². The van der Waals surface area contributed by atoms with Crippen molar-refractivity contribution in [2.24, 2.45) is 5.41 Å². The summed E-state index contributed by atoms with van der Waals surface area (Å²) in [7, 11) is -9.44. The number of allylic oxidation sites excluding steroid dienone is 6. The molecule has 2 amide bonds. The summed E-state index contributed by atoms with van der Waals surface area (Å²) < 4.78 is 80.4. The molecular formula is C42H48N3NaO11S2. The molecule has 5 aliphatic rings. The minimum absolute atomic E-state index is 0. The minimum atomic E-state index is -4.88. The van der Waals surface area contributed by atoms with E-state index in [9.17, 15) is 40.3 Å². The summed E-state index contributed by atoms with van der Waals surface area (Å²) in [5, 5.41) is 0.481. The molecule has 0 spiro atoms. The van der Waals surface area contributed by atoms with E-state index in [1.807, 2.05) is 35.8 Å². The number of nitrogens with zero attached hydrogens (tertiary/aromatic N) is 3. The van der Waals surface area contributed by atoms with E-state index in [2.05, 4.69) is 31.7 Å². The molecule has 2 aromatic carbocycles. The molecule has 0 aliphatic carbocycles. The van der Waals surface area contributed by atoms with Gasteiger partial charge in [0.15, 0.2) is 5.71 Å². The largest absolute Gasteiger partial charge is 1.00 e. The maximum atomic E-state index is 12.8. The number of amides is 2. The first kappa shape index (κ1) is 44.9. The molecule has 1 saturated heterocycles. The molecule has 14 nitrogen and oxygen atoms in total. The topological polar surface area (TPSA) is 194 Å². The monoisotopic (exact) mass is 857 g/mol. The summed E-state index contributed by atoms with van der Waals surface area (Å²) in [5.41, 5.74) is 5.94. The average Bonchev–Trinajstić information content (AvgIpc) is 3.58. The second-order valence-corrected chi connectivity index (χ2v) is 19.7. The normalized spacial score (nSPS) is 21.0. The van der Waals surface area contributed by atoms with Crippen molar-refractivity contribution < 1.29 is 84.0 Å². The number of carbonyl (C=O) groups is 3. The van der Waals surface area contributed by atoms with Crippen molar-refractivity contribution in [2.75, 3.05) is 30.3 Å². The molecule has 1 unspecified atom stereocenters. The number of ether oxygens (including phenoxy) is 1. The summed E-state index contributed by atoms with van der Waals surface area (Å²) in [5.74, 6) is -0.978. The van der Waals surface area contributed by atoms with Gasteiger partial charge in [-0.2, -0.15) is 4.58 Å². The summed E-state index contributed by atoms with van der Waals surface area (Å²) in [6, 6.07) is 6.22. The fourth-order valence-corrected chi connectivity index (χ4v) is 9.73. The summed E-state index contributed by atoms with van der Waals surface area (Å²) in [6.45, 7) is 10.2. The molecule has 0 aromatic heterocycles. The van der Waals surface area contributed by atoms with E-state index < -0.39 is 54.1 Å². The summed E-state index contributed by atoms with van der Waals surface area (Å²) in [6.07, 6.45) is 11.8. The van der Waals surface area contributed by atoms with Crippen molar-refractivity contribution in [1.29, 1.82) is 0 Å². The molecular weight excluding hydrogens is 810 g/mol. The standard InChI is InChI=1S/C42H49N3O11S2.Na/c1-41(2,3)35-25-27(31-24-28-11-7-20-43-21-8-12-30(39(28)43)40(31)55-35)10-5-13-34-42(4,19-6-14-38(48)56-45-36(46)17-18-37(45)47)32-26-29(58(52,53)54)15-16-33(32)44(34)22-9-23-57(49,50)51;/h5,10,13,15-16,24-26H,6-9,11-12,14,17-23H2,1-4H3,(H-,49,50,51,52,53,54);/q;+1/p-1. The number of benzene rings is 2. The Bertz CT molecular complexity index is 2430. The Balaban J connectivity index is 0.00000585. The Morgan fingerprint density at radius 3 is 2.36 bits per heavy atom. The van der Waals surface area contributed by atoms with E-state index in [1.54, 1.807) is 0 Å². The van der Waals surface area contributed by atoms with E-state index in [1.165, 1.54) is 35.0 Å². The average molecular weight is 858 g/mol. The van der Waals surface area contributed by atoms with Crippen molar-refractivity contribution in [3.05, 3.63) is 76.6 Å². The second-order valence-electron chi connectivity index (χ2n) is 16.8. The SMILES string of the molecule is CC(C)(C)C1=C/C(=C\C=C\C2=[N+](CCCS(=O)(=O)[O-])c3ccc(S(=O)(=O)[O-])cc3C2(C)CCCC(=O)ON2C(=O)CCC2=O)c2cc3c4c(c2O1)CCCN4CCC3.[Na+]. The quantitative estimate of drug-likeness (QED) is 0.131. The van der Waals surface area contributed by atoms with Gasteiger partial charge in [0, 0.05) is 84.5 Å². The van der Waals surface area contributed by atoms with E-state index in [4.69, 9.17) is 9.57 Å². The molecule has 2 aromatic rings. The predicted octanol–water partition coefficient (Wildman–Crippen LogP) is 2.32. The number of aryl methyl sites for hydroxylation is 1. The van der Waals surface area contributed by atoms with E-state index in [0.717, 1.165) is 61.4 Å². The maximum Gasteiger partial charge on any atom is 1.00 e. The van der Waals surface area contributed by atoms with Gasteiger partial charge in [-0.1, -0.05) is 32.9 Å². The Labute approximate surface area is 367 Å². The Hall–Kier alpha value is -3.64. The van der Waals surface area contributed by atoms with Crippen LogP contribution in [0.1, 0.15) is 101 Å². The fraction of sp³-hybridized carbons (Fsp3) is 0.476. The van der Waals surface area contributed by atoms with Gasteiger partial charge in [0.05, 0.1) is 20.4 Å². The number of fused-ring (bicyclic) bond motifs is 3. The maximum absolute atomic E-state index is 12.8. The van der Waals surface area contributed by atoms with Crippen LogP contribution in [-0.2, 0) is 57.7 Å². The number of anilines is 1. The molecule has 0 saturated carbocycles. The third kappa shape index (κ3) is 9.33. The van der Waals surface area contributed by atoms with Crippen LogP contribution in [0.25, 0.3) is 5.57 Å². The second kappa shape index (κ2) is 17.0. The Morgan fingerprint density at radius 1 is 1.00 bits per heavy atom. The van der Waals surface area contributed by atoms with Gasteiger partial charge in [0.25, 0.3) is 11.8 Å². The number of hydroxylamine groups is 2. The van der Waals surface area contributed by atoms with Gasteiger partial charge in [-0.25, -0.2) is 21.6 Å². The number of carbonyl (C=O) groups excluding carboxylic acids is 3. The van der Waals surface area contributed by atoms with Gasteiger partial charge >= 0.3 is 35.5 Å². The molecule has 310 valence electrons. The van der Waals surface area contributed by atoms with Gasteiger partial charge in [-0.05, 0) is 80.9 Å². The minimum Gasteiger partial charge on any atom is -0.748 e. The molecule has 1 atom stereocenters. The van der Waals surface area contributed by atoms with Crippen LogP contribution >= 0.6 is 0 Å². The van der Waals surface area contributed by atoms with Crippen LogP contribution in [-0.4, -0.2) is 84.5 Å². The number of imide groups is 1. The molecule has 5 heterocycles. The molecule has 1 fully saturated rings. The van der Waals surface area contributed by atoms with E-state index in [-0.39, 0.29) is 80.0 Å². The van der Waals surface area contributed by atoms with Crippen molar-refractivity contribution >= 4 is 60.7 Å². The number of hydrogen-bond donors (Lipinski definition) is 0. The van der Waals surface area contributed by atoms with Crippen LogP contribution in [0.2, 0.25) is 0 Å². The zero-order valence-corrected chi connectivity index (χ0v) is 37.8. The third-order valence-electron chi connectivity index (χ3n) is 11.6. The van der Waals surface area contributed by atoms with Crippen LogP contribution in [0, 0.1) is 5.41 Å². The smallest absolute Gasteiger partial charge is 0.748 e. The van der Waals surface area contributed by atoms with Crippen LogP contribution in [0.4, 0.5) is 11.4 Å². The van der Waals surface area contributed by atoms with Crippen molar-refractivity contribution in [3.63, 3.8) is 0 Å². The van der Waals surface area contributed by atoms with Gasteiger partial charge in [-0.15, -0.1) is 5.06 Å². The zero-order valence-electron chi connectivity index (χ0n) is 34.2. The predicted molar refractivity (Wildman–Crippen MR) is 212 cm³/mol.